The first-order valence-electron chi connectivity index (χ1n) is 11.1. The van der Waals surface area contributed by atoms with E-state index in [2.05, 4.69) is 23.1 Å². The third kappa shape index (κ3) is 4.57. The van der Waals surface area contributed by atoms with Crippen LogP contribution in [0.25, 0.3) is 0 Å². The maximum absolute atomic E-state index is 12.4. The average molecular weight is 406 g/mol. The predicted octanol–water partition coefficient (Wildman–Crippen LogP) is 3.72. The molecule has 0 saturated carbocycles. The van der Waals surface area contributed by atoms with Gasteiger partial charge < -0.3 is 15.5 Å². The molecule has 2 saturated heterocycles. The third-order valence-electron chi connectivity index (χ3n) is 6.47. The second-order valence-electron chi connectivity index (χ2n) is 8.47. The molecular formula is C25H31N3O2. The Kier molecular flexibility index (Phi) is 6.48. The molecule has 2 aliphatic rings. The van der Waals surface area contributed by atoms with Crippen molar-refractivity contribution in [2.24, 2.45) is 5.73 Å². The summed E-state index contributed by atoms with van der Waals surface area (Å²) >= 11 is 0. The van der Waals surface area contributed by atoms with Gasteiger partial charge in [-0.2, -0.15) is 0 Å². The highest BCUT2D eigenvalue weighted by Gasteiger charge is 2.25. The molecule has 5 heteroatoms. The number of hydrogen-bond acceptors (Lipinski definition) is 3. The van der Waals surface area contributed by atoms with Crippen LogP contribution in [0.2, 0.25) is 0 Å². The van der Waals surface area contributed by atoms with E-state index in [0.29, 0.717) is 17.9 Å². The summed E-state index contributed by atoms with van der Waals surface area (Å²) in [6.07, 6.45) is 5.85. The summed E-state index contributed by atoms with van der Waals surface area (Å²) in [5.41, 5.74) is 9.66. The monoisotopic (exact) mass is 405 g/mol. The number of rotatable bonds is 6. The quantitative estimate of drug-likeness (QED) is 0.796. The summed E-state index contributed by atoms with van der Waals surface area (Å²) in [4.78, 5) is 28.7. The molecule has 0 bridgehead atoms. The Hall–Kier alpha value is -2.66. The Labute approximate surface area is 178 Å². The van der Waals surface area contributed by atoms with E-state index < -0.39 is 0 Å². The van der Waals surface area contributed by atoms with Crippen molar-refractivity contribution in [3.05, 3.63) is 65.2 Å². The average Bonchev–Trinajstić information content (AvgIpc) is 2.78. The Balaban J connectivity index is 1.44. The highest BCUT2D eigenvalue weighted by molar-refractivity contribution is 5.95. The second-order valence-corrected chi connectivity index (χ2v) is 8.47. The van der Waals surface area contributed by atoms with E-state index in [-0.39, 0.29) is 11.8 Å². The number of anilines is 1. The zero-order chi connectivity index (χ0) is 20.9. The molecule has 2 fully saturated rings. The van der Waals surface area contributed by atoms with Crippen molar-refractivity contribution in [1.29, 1.82) is 0 Å². The molecule has 158 valence electrons. The summed E-state index contributed by atoms with van der Waals surface area (Å²) in [6, 6.07) is 16.1. The fourth-order valence-electron chi connectivity index (χ4n) is 4.91. The lowest BCUT2D eigenvalue weighted by molar-refractivity contribution is -0.119. The predicted molar refractivity (Wildman–Crippen MR) is 120 cm³/mol. The molecule has 2 aliphatic heterocycles. The molecule has 2 amide bonds. The minimum Gasteiger partial charge on any atom is -0.366 e. The Morgan fingerprint density at radius 2 is 1.80 bits per heavy atom. The van der Waals surface area contributed by atoms with Gasteiger partial charge in [0.05, 0.1) is 0 Å². The summed E-state index contributed by atoms with van der Waals surface area (Å²) in [5.74, 6) is 0.235. The summed E-state index contributed by atoms with van der Waals surface area (Å²) in [6.45, 7) is 3.79. The Bertz CT molecular complexity index is 911. The topological polar surface area (TPSA) is 66.6 Å². The summed E-state index contributed by atoms with van der Waals surface area (Å²) in [5, 5.41) is 0. The smallest absolute Gasteiger partial charge is 0.248 e. The van der Waals surface area contributed by atoms with Gasteiger partial charge in [0, 0.05) is 37.3 Å². The van der Waals surface area contributed by atoms with E-state index in [1.807, 2.05) is 35.2 Å². The van der Waals surface area contributed by atoms with Crippen LogP contribution in [0.3, 0.4) is 0 Å². The molecule has 2 heterocycles. The van der Waals surface area contributed by atoms with Gasteiger partial charge in [0.25, 0.3) is 0 Å². The van der Waals surface area contributed by atoms with Crippen molar-refractivity contribution in [3.8, 4) is 0 Å². The Morgan fingerprint density at radius 1 is 1.00 bits per heavy atom. The number of hydrogen-bond donors (Lipinski definition) is 1. The van der Waals surface area contributed by atoms with Gasteiger partial charge in [0.1, 0.15) is 0 Å². The van der Waals surface area contributed by atoms with Crippen LogP contribution in [0.4, 0.5) is 5.69 Å². The molecular weight excluding hydrogens is 374 g/mol. The highest BCUT2D eigenvalue weighted by Crippen LogP contribution is 2.30. The summed E-state index contributed by atoms with van der Waals surface area (Å²) < 4.78 is 0. The number of likely N-dealkylation sites (tertiary alicyclic amines) is 1. The number of benzene rings is 2. The fraction of sp³-hybridized carbons (Fsp3) is 0.440. The molecule has 2 aromatic rings. The van der Waals surface area contributed by atoms with Crippen molar-refractivity contribution >= 4 is 17.5 Å². The molecule has 30 heavy (non-hydrogen) atoms. The number of primary amides is 1. The van der Waals surface area contributed by atoms with Gasteiger partial charge in [-0.1, -0.05) is 36.4 Å². The molecule has 4 rings (SSSR count). The normalized spacial score (nSPS) is 20.3. The van der Waals surface area contributed by atoms with E-state index >= 15 is 0 Å². The van der Waals surface area contributed by atoms with Gasteiger partial charge in [0.2, 0.25) is 11.8 Å². The lowest BCUT2D eigenvalue weighted by Crippen LogP contribution is -2.37. The van der Waals surface area contributed by atoms with Crippen molar-refractivity contribution < 1.29 is 9.59 Å². The molecule has 1 unspecified atom stereocenters. The molecule has 5 nitrogen and oxygen atoms in total. The minimum absolute atomic E-state index is 0.245. The molecule has 0 radical (unpaired) electrons. The number of piperidine rings is 2. The molecule has 2 aromatic carbocycles. The van der Waals surface area contributed by atoms with Gasteiger partial charge >= 0.3 is 0 Å². The number of para-hydroxylation sites is 1. The first kappa shape index (κ1) is 20.6. The molecule has 0 aromatic heterocycles. The van der Waals surface area contributed by atoms with Crippen LogP contribution in [0.15, 0.2) is 48.5 Å². The van der Waals surface area contributed by atoms with Crippen LogP contribution < -0.4 is 10.6 Å². The van der Waals surface area contributed by atoms with E-state index in [1.54, 1.807) is 0 Å². The van der Waals surface area contributed by atoms with E-state index in [4.69, 9.17) is 5.73 Å². The lowest BCUT2D eigenvalue weighted by Gasteiger charge is -2.34. The van der Waals surface area contributed by atoms with Crippen molar-refractivity contribution in [3.63, 3.8) is 0 Å². The lowest BCUT2D eigenvalue weighted by atomic mass is 9.87. The largest absolute Gasteiger partial charge is 0.366 e. The molecule has 0 aliphatic carbocycles. The number of carbonyl (C=O) groups excluding carboxylic acids is 2. The van der Waals surface area contributed by atoms with Gasteiger partial charge in [-0.05, 0) is 67.8 Å². The number of carbonyl (C=O) groups is 2. The van der Waals surface area contributed by atoms with Crippen molar-refractivity contribution in [2.75, 3.05) is 31.1 Å². The standard InChI is InChI=1S/C25H31N3O2/c26-25(30)22-11-3-2-10-21(22)20-9-7-15-27(18-20)17-14-19-8-1-4-12-23(19)28-16-6-5-13-24(28)29/h1-4,8,10-12,20H,5-7,9,13-18H2,(H2,26,30). The maximum Gasteiger partial charge on any atom is 0.248 e. The van der Waals surface area contributed by atoms with Crippen LogP contribution in [-0.2, 0) is 11.2 Å². The van der Waals surface area contributed by atoms with Crippen LogP contribution >= 0.6 is 0 Å². The second kappa shape index (κ2) is 9.43. The van der Waals surface area contributed by atoms with E-state index in [9.17, 15) is 9.59 Å². The number of amides is 2. The van der Waals surface area contributed by atoms with Crippen molar-refractivity contribution in [2.45, 2.75) is 44.4 Å². The van der Waals surface area contributed by atoms with Crippen LogP contribution in [0.5, 0.6) is 0 Å². The SMILES string of the molecule is NC(=O)c1ccccc1C1CCCN(CCc2ccccc2N2CCCCC2=O)C1. The van der Waals surface area contributed by atoms with E-state index in [0.717, 1.165) is 69.5 Å². The van der Waals surface area contributed by atoms with E-state index in [1.165, 1.54) is 5.56 Å². The maximum atomic E-state index is 12.4. The van der Waals surface area contributed by atoms with Crippen LogP contribution in [-0.4, -0.2) is 42.9 Å². The van der Waals surface area contributed by atoms with Gasteiger partial charge in [-0.15, -0.1) is 0 Å². The first-order chi connectivity index (χ1) is 14.6. The first-order valence-corrected chi connectivity index (χ1v) is 11.1. The van der Waals surface area contributed by atoms with Crippen LogP contribution in [0.1, 0.15) is 59.5 Å². The zero-order valence-electron chi connectivity index (χ0n) is 17.6. The third-order valence-corrected chi connectivity index (χ3v) is 6.47. The molecule has 0 spiro atoms. The summed E-state index contributed by atoms with van der Waals surface area (Å²) in [7, 11) is 0. The van der Waals surface area contributed by atoms with Gasteiger partial charge in [-0.3, -0.25) is 9.59 Å². The Morgan fingerprint density at radius 3 is 2.63 bits per heavy atom. The van der Waals surface area contributed by atoms with Crippen LogP contribution in [0, 0.1) is 0 Å². The van der Waals surface area contributed by atoms with Gasteiger partial charge in [0.15, 0.2) is 0 Å². The molecule has 2 N–H and O–H groups in total. The number of nitrogens with two attached hydrogens (primary N) is 1. The number of nitrogens with zero attached hydrogens (tertiary/aromatic N) is 2. The van der Waals surface area contributed by atoms with Crippen molar-refractivity contribution in [1.82, 2.24) is 4.90 Å². The highest BCUT2D eigenvalue weighted by atomic mass is 16.2. The minimum atomic E-state index is -0.345. The van der Waals surface area contributed by atoms with Gasteiger partial charge in [-0.25, -0.2) is 0 Å². The zero-order valence-corrected chi connectivity index (χ0v) is 17.6. The molecule has 1 atom stereocenters. The fourth-order valence-corrected chi connectivity index (χ4v) is 4.91.